The molecule has 1 aliphatic heterocycles. The SMILES string of the molecule is CNCc1nc2n(n1)C(C)CCC2. The summed E-state index contributed by atoms with van der Waals surface area (Å²) in [6.07, 6.45) is 3.56. The minimum atomic E-state index is 0.529. The quantitative estimate of drug-likeness (QED) is 0.735. The highest BCUT2D eigenvalue weighted by Gasteiger charge is 2.18. The summed E-state index contributed by atoms with van der Waals surface area (Å²) in [4.78, 5) is 4.48. The number of fused-ring (bicyclic) bond motifs is 1. The van der Waals surface area contributed by atoms with Gasteiger partial charge in [-0.15, -0.1) is 0 Å². The molecule has 0 aliphatic carbocycles. The molecule has 72 valence electrons. The molecule has 0 saturated heterocycles. The van der Waals surface area contributed by atoms with Crippen molar-refractivity contribution in [2.75, 3.05) is 7.05 Å². The maximum absolute atomic E-state index is 4.48. The third-order valence-electron chi connectivity index (χ3n) is 2.52. The Hall–Kier alpha value is -0.900. The zero-order valence-electron chi connectivity index (χ0n) is 8.25. The molecule has 4 heteroatoms. The molecule has 1 aromatic rings. The van der Waals surface area contributed by atoms with Crippen molar-refractivity contribution in [3.05, 3.63) is 11.6 Å². The Balaban J connectivity index is 2.25. The fraction of sp³-hybridized carbons (Fsp3) is 0.778. The van der Waals surface area contributed by atoms with Crippen LogP contribution in [0.5, 0.6) is 0 Å². The van der Waals surface area contributed by atoms with E-state index in [1.807, 2.05) is 7.05 Å². The minimum absolute atomic E-state index is 0.529. The average molecular weight is 180 g/mol. The Morgan fingerprint density at radius 2 is 2.46 bits per heavy atom. The molecule has 0 radical (unpaired) electrons. The highest BCUT2D eigenvalue weighted by atomic mass is 15.4. The number of hydrogen-bond acceptors (Lipinski definition) is 3. The second kappa shape index (κ2) is 3.46. The fourth-order valence-corrected chi connectivity index (χ4v) is 1.84. The van der Waals surface area contributed by atoms with Crippen LogP contribution in [0.25, 0.3) is 0 Å². The molecule has 2 rings (SSSR count). The summed E-state index contributed by atoms with van der Waals surface area (Å²) in [5.41, 5.74) is 0. The van der Waals surface area contributed by atoms with Gasteiger partial charge in [0.1, 0.15) is 5.82 Å². The maximum atomic E-state index is 4.48. The normalized spacial score (nSPS) is 21.5. The molecule has 0 amide bonds. The van der Waals surface area contributed by atoms with Gasteiger partial charge in [-0.1, -0.05) is 0 Å². The average Bonchev–Trinajstić information content (AvgIpc) is 2.49. The van der Waals surface area contributed by atoms with Crippen molar-refractivity contribution in [2.45, 2.75) is 38.8 Å². The molecule has 1 atom stereocenters. The lowest BCUT2D eigenvalue weighted by Crippen LogP contribution is -2.16. The molecule has 0 spiro atoms. The predicted molar refractivity (Wildman–Crippen MR) is 50.4 cm³/mol. The van der Waals surface area contributed by atoms with Crippen molar-refractivity contribution in [1.82, 2.24) is 20.1 Å². The molecular formula is C9H16N4. The Kier molecular flexibility index (Phi) is 2.31. The number of aryl methyl sites for hydroxylation is 1. The molecule has 0 saturated carbocycles. The van der Waals surface area contributed by atoms with Crippen LogP contribution in [0, 0.1) is 0 Å². The molecule has 0 aromatic carbocycles. The topological polar surface area (TPSA) is 42.7 Å². The van der Waals surface area contributed by atoms with E-state index >= 15 is 0 Å². The van der Waals surface area contributed by atoms with Gasteiger partial charge in [-0.3, -0.25) is 0 Å². The molecule has 13 heavy (non-hydrogen) atoms. The summed E-state index contributed by atoms with van der Waals surface area (Å²) in [5, 5.41) is 7.53. The van der Waals surface area contributed by atoms with Gasteiger partial charge in [0.15, 0.2) is 5.82 Å². The highest BCUT2D eigenvalue weighted by molar-refractivity contribution is 4.97. The molecular weight excluding hydrogens is 164 g/mol. The second-order valence-electron chi connectivity index (χ2n) is 3.66. The zero-order valence-corrected chi connectivity index (χ0v) is 8.25. The van der Waals surface area contributed by atoms with Gasteiger partial charge in [-0.25, -0.2) is 9.67 Å². The van der Waals surface area contributed by atoms with Crippen LogP contribution in [0.3, 0.4) is 0 Å². The third kappa shape index (κ3) is 1.58. The van der Waals surface area contributed by atoms with Crippen molar-refractivity contribution in [2.24, 2.45) is 0 Å². The van der Waals surface area contributed by atoms with Gasteiger partial charge in [0, 0.05) is 6.42 Å². The van der Waals surface area contributed by atoms with Gasteiger partial charge in [0.25, 0.3) is 0 Å². The van der Waals surface area contributed by atoms with Crippen molar-refractivity contribution < 1.29 is 0 Å². The monoisotopic (exact) mass is 180 g/mol. The molecule has 0 fully saturated rings. The number of aromatic nitrogens is 3. The van der Waals surface area contributed by atoms with E-state index < -0.39 is 0 Å². The van der Waals surface area contributed by atoms with Crippen LogP contribution >= 0.6 is 0 Å². The summed E-state index contributed by atoms with van der Waals surface area (Å²) >= 11 is 0. The van der Waals surface area contributed by atoms with Crippen LogP contribution in [0.15, 0.2) is 0 Å². The van der Waals surface area contributed by atoms with E-state index in [0.29, 0.717) is 6.04 Å². The summed E-state index contributed by atoms with van der Waals surface area (Å²) in [6, 6.07) is 0.529. The van der Waals surface area contributed by atoms with Crippen molar-refractivity contribution in [3.8, 4) is 0 Å². The van der Waals surface area contributed by atoms with Crippen LogP contribution in [-0.2, 0) is 13.0 Å². The van der Waals surface area contributed by atoms with Crippen LogP contribution in [0.2, 0.25) is 0 Å². The summed E-state index contributed by atoms with van der Waals surface area (Å²) in [5.74, 6) is 2.08. The number of nitrogens with zero attached hydrogens (tertiary/aromatic N) is 3. The van der Waals surface area contributed by atoms with E-state index in [4.69, 9.17) is 0 Å². The smallest absolute Gasteiger partial charge is 0.164 e. The van der Waals surface area contributed by atoms with Crippen molar-refractivity contribution in [3.63, 3.8) is 0 Å². The first-order valence-electron chi connectivity index (χ1n) is 4.90. The molecule has 2 heterocycles. The van der Waals surface area contributed by atoms with E-state index in [1.54, 1.807) is 0 Å². The Morgan fingerprint density at radius 1 is 1.62 bits per heavy atom. The lowest BCUT2D eigenvalue weighted by Gasteiger charge is -2.18. The Morgan fingerprint density at radius 3 is 3.15 bits per heavy atom. The maximum Gasteiger partial charge on any atom is 0.164 e. The molecule has 1 aliphatic rings. The van der Waals surface area contributed by atoms with Crippen LogP contribution in [0.4, 0.5) is 0 Å². The van der Waals surface area contributed by atoms with Gasteiger partial charge < -0.3 is 5.32 Å². The lowest BCUT2D eigenvalue weighted by atomic mass is 10.1. The molecule has 1 aromatic heterocycles. The number of nitrogens with one attached hydrogen (secondary N) is 1. The van der Waals surface area contributed by atoms with Gasteiger partial charge in [0.2, 0.25) is 0 Å². The largest absolute Gasteiger partial charge is 0.313 e. The molecule has 1 unspecified atom stereocenters. The van der Waals surface area contributed by atoms with Crippen LogP contribution < -0.4 is 5.32 Å². The predicted octanol–water partition coefficient (Wildman–Crippen LogP) is 0.895. The van der Waals surface area contributed by atoms with E-state index in [0.717, 1.165) is 24.6 Å². The van der Waals surface area contributed by atoms with Crippen LogP contribution in [-0.4, -0.2) is 21.8 Å². The first-order valence-corrected chi connectivity index (χ1v) is 4.90. The number of hydrogen-bond donors (Lipinski definition) is 1. The van der Waals surface area contributed by atoms with Gasteiger partial charge in [-0.05, 0) is 26.8 Å². The summed E-state index contributed by atoms with van der Waals surface area (Å²) in [7, 11) is 1.92. The van der Waals surface area contributed by atoms with E-state index in [9.17, 15) is 0 Å². The van der Waals surface area contributed by atoms with Crippen molar-refractivity contribution >= 4 is 0 Å². The first-order chi connectivity index (χ1) is 6.31. The second-order valence-corrected chi connectivity index (χ2v) is 3.66. The third-order valence-corrected chi connectivity index (χ3v) is 2.52. The van der Waals surface area contributed by atoms with E-state index in [-0.39, 0.29) is 0 Å². The van der Waals surface area contributed by atoms with Gasteiger partial charge in [0.05, 0.1) is 12.6 Å². The standard InChI is InChI=1S/C9H16N4/c1-7-4-3-5-9-11-8(6-10-2)12-13(7)9/h7,10H,3-6H2,1-2H3. The summed E-state index contributed by atoms with van der Waals surface area (Å²) < 4.78 is 2.08. The van der Waals surface area contributed by atoms with Gasteiger partial charge >= 0.3 is 0 Å². The zero-order chi connectivity index (χ0) is 9.26. The number of rotatable bonds is 2. The molecule has 4 nitrogen and oxygen atoms in total. The highest BCUT2D eigenvalue weighted by Crippen LogP contribution is 2.21. The first kappa shape index (κ1) is 8.69. The molecule has 1 N–H and O–H groups in total. The van der Waals surface area contributed by atoms with E-state index in [1.165, 1.54) is 12.8 Å². The summed E-state index contributed by atoms with van der Waals surface area (Å²) in [6.45, 7) is 2.98. The fourth-order valence-electron chi connectivity index (χ4n) is 1.84. The van der Waals surface area contributed by atoms with E-state index in [2.05, 4.69) is 27.0 Å². The van der Waals surface area contributed by atoms with Crippen LogP contribution in [0.1, 0.15) is 37.5 Å². The molecule has 0 bridgehead atoms. The van der Waals surface area contributed by atoms with Gasteiger partial charge in [-0.2, -0.15) is 5.10 Å². The Labute approximate surface area is 78.4 Å². The van der Waals surface area contributed by atoms with Crippen molar-refractivity contribution in [1.29, 1.82) is 0 Å². The Bertz CT molecular complexity index is 292. The minimum Gasteiger partial charge on any atom is -0.313 e. The lowest BCUT2D eigenvalue weighted by molar-refractivity contribution is 0.387.